The second kappa shape index (κ2) is 12.4. The first-order chi connectivity index (χ1) is 16.2. The molecule has 3 fully saturated rings. The number of carbonyl (C=O) groups excluding carboxylic acids is 1. The first-order valence-electron chi connectivity index (χ1n) is 14.1. The van der Waals surface area contributed by atoms with Crippen LogP contribution in [0.2, 0.25) is 0 Å². The van der Waals surface area contributed by atoms with Gasteiger partial charge < -0.3 is 9.47 Å². The number of hydrogen-bond donors (Lipinski definition) is 0. The fourth-order valence-electron chi connectivity index (χ4n) is 6.99. The van der Waals surface area contributed by atoms with E-state index >= 15 is 0 Å². The third-order valence-electron chi connectivity index (χ3n) is 9.01. The number of hydrogen-bond acceptors (Lipinski definition) is 3. The van der Waals surface area contributed by atoms with Crippen molar-refractivity contribution in [2.24, 2.45) is 23.7 Å². The fourth-order valence-corrected chi connectivity index (χ4v) is 6.99. The van der Waals surface area contributed by atoms with Crippen LogP contribution in [0.4, 0.5) is 0 Å². The molecule has 3 aliphatic carbocycles. The van der Waals surface area contributed by atoms with Crippen LogP contribution in [0.3, 0.4) is 0 Å². The molecule has 4 rings (SSSR count). The molecule has 0 amide bonds. The Labute approximate surface area is 202 Å². The molecule has 3 heteroatoms. The van der Waals surface area contributed by atoms with Gasteiger partial charge in [-0.2, -0.15) is 0 Å². The summed E-state index contributed by atoms with van der Waals surface area (Å²) in [5.74, 6) is 4.13. The average Bonchev–Trinajstić information content (AvgIpc) is 2.86. The Kier molecular flexibility index (Phi) is 9.29. The molecule has 0 aliphatic heterocycles. The SMILES string of the molecule is CCCC1CCC(C2CCC(C(=O)Oc3ccc(C4CCC(OCC)CC4)cc3)CC2)CC1. The van der Waals surface area contributed by atoms with Gasteiger partial charge in [0, 0.05) is 6.61 Å². The summed E-state index contributed by atoms with van der Waals surface area (Å²) in [4.78, 5) is 12.8. The topological polar surface area (TPSA) is 35.5 Å². The largest absolute Gasteiger partial charge is 0.426 e. The summed E-state index contributed by atoms with van der Waals surface area (Å²) in [7, 11) is 0. The van der Waals surface area contributed by atoms with Crippen LogP contribution in [-0.4, -0.2) is 18.7 Å². The van der Waals surface area contributed by atoms with E-state index in [4.69, 9.17) is 9.47 Å². The van der Waals surface area contributed by atoms with E-state index in [-0.39, 0.29) is 11.9 Å². The average molecular weight is 455 g/mol. The van der Waals surface area contributed by atoms with E-state index in [1.54, 1.807) is 0 Å². The summed E-state index contributed by atoms with van der Waals surface area (Å²) in [5, 5.41) is 0. The van der Waals surface area contributed by atoms with Crippen molar-refractivity contribution in [3.8, 4) is 5.75 Å². The predicted molar refractivity (Wildman–Crippen MR) is 135 cm³/mol. The van der Waals surface area contributed by atoms with Gasteiger partial charge in [-0.15, -0.1) is 0 Å². The molecule has 3 nitrogen and oxygen atoms in total. The molecule has 3 aliphatic rings. The second-order valence-corrected chi connectivity index (χ2v) is 11.1. The van der Waals surface area contributed by atoms with Gasteiger partial charge in [-0.25, -0.2) is 0 Å². The predicted octanol–water partition coefficient (Wildman–Crippen LogP) is 8.07. The fraction of sp³-hybridized carbons (Fsp3) is 0.767. The molecule has 184 valence electrons. The van der Waals surface area contributed by atoms with E-state index in [2.05, 4.69) is 26.0 Å². The highest BCUT2D eigenvalue weighted by Crippen LogP contribution is 2.42. The zero-order valence-corrected chi connectivity index (χ0v) is 21.1. The van der Waals surface area contributed by atoms with Gasteiger partial charge in [0.25, 0.3) is 0 Å². The van der Waals surface area contributed by atoms with Crippen LogP contribution in [0.25, 0.3) is 0 Å². The maximum Gasteiger partial charge on any atom is 0.314 e. The molecule has 1 aromatic carbocycles. The number of rotatable bonds is 8. The standard InChI is InChI=1S/C30H46O3/c1-3-5-22-6-8-23(9-7-22)24-10-12-27(13-11-24)30(31)33-29-20-16-26(17-21-29)25-14-18-28(19-15-25)32-4-2/h16-17,20-25,27-28H,3-15,18-19H2,1-2H3. The minimum absolute atomic E-state index is 0.00919. The van der Waals surface area contributed by atoms with Gasteiger partial charge in [0.1, 0.15) is 5.75 Å². The minimum Gasteiger partial charge on any atom is -0.426 e. The Bertz CT molecular complexity index is 703. The van der Waals surface area contributed by atoms with Crippen molar-refractivity contribution in [1.82, 2.24) is 0 Å². The lowest BCUT2D eigenvalue weighted by Gasteiger charge is -2.37. The number of benzene rings is 1. The van der Waals surface area contributed by atoms with Gasteiger partial charge in [0.05, 0.1) is 12.0 Å². The summed E-state index contributed by atoms with van der Waals surface area (Å²) in [6.45, 7) is 5.21. The van der Waals surface area contributed by atoms with Gasteiger partial charge in [0.2, 0.25) is 0 Å². The van der Waals surface area contributed by atoms with Crippen LogP contribution in [0.5, 0.6) is 5.75 Å². The molecule has 1 aromatic rings. The van der Waals surface area contributed by atoms with Crippen LogP contribution in [0.1, 0.15) is 115 Å². The minimum atomic E-state index is -0.00919. The second-order valence-electron chi connectivity index (χ2n) is 11.1. The van der Waals surface area contributed by atoms with E-state index in [0.717, 1.165) is 50.0 Å². The molecule has 0 radical (unpaired) electrons. The quantitative estimate of drug-likeness (QED) is 0.294. The highest BCUT2D eigenvalue weighted by atomic mass is 16.5. The van der Waals surface area contributed by atoms with E-state index in [0.29, 0.717) is 17.8 Å². The summed E-state index contributed by atoms with van der Waals surface area (Å²) in [6.07, 6.45) is 18.0. The van der Waals surface area contributed by atoms with Gasteiger partial charge in [-0.1, -0.05) is 44.7 Å². The third-order valence-corrected chi connectivity index (χ3v) is 9.01. The van der Waals surface area contributed by atoms with Crippen LogP contribution < -0.4 is 4.74 Å². The van der Waals surface area contributed by atoms with E-state index in [1.807, 2.05) is 12.1 Å². The van der Waals surface area contributed by atoms with Crippen LogP contribution >= 0.6 is 0 Å². The monoisotopic (exact) mass is 454 g/mol. The zero-order chi connectivity index (χ0) is 23.0. The molecule has 0 aromatic heterocycles. The van der Waals surface area contributed by atoms with Crippen LogP contribution in [0, 0.1) is 23.7 Å². The molecular formula is C30H46O3. The Hall–Kier alpha value is -1.35. The Balaban J connectivity index is 1.19. The van der Waals surface area contributed by atoms with Crippen molar-refractivity contribution in [1.29, 1.82) is 0 Å². The third kappa shape index (κ3) is 6.84. The number of carbonyl (C=O) groups is 1. The lowest BCUT2D eigenvalue weighted by Crippen LogP contribution is -2.30. The van der Waals surface area contributed by atoms with Gasteiger partial charge in [-0.05, 0) is 112 Å². The van der Waals surface area contributed by atoms with Crippen molar-refractivity contribution in [2.45, 2.75) is 116 Å². The summed E-state index contributed by atoms with van der Waals surface area (Å²) < 4.78 is 11.6. The molecule has 0 heterocycles. The summed E-state index contributed by atoms with van der Waals surface area (Å²) >= 11 is 0. The maximum atomic E-state index is 12.8. The lowest BCUT2D eigenvalue weighted by molar-refractivity contribution is -0.140. The highest BCUT2D eigenvalue weighted by Gasteiger charge is 2.33. The molecule has 0 atom stereocenters. The van der Waals surface area contributed by atoms with E-state index in [1.165, 1.54) is 69.8 Å². The highest BCUT2D eigenvalue weighted by molar-refractivity contribution is 5.75. The van der Waals surface area contributed by atoms with Crippen LogP contribution in [-0.2, 0) is 9.53 Å². The Morgan fingerprint density at radius 2 is 1.39 bits per heavy atom. The van der Waals surface area contributed by atoms with Crippen molar-refractivity contribution >= 4 is 5.97 Å². The maximum absolute atomic E-state index is 12.8. The first-order valence-corrected chi connectivity index (χ1v) is 14.1. The van der Waals surface area contributed by atoms with Gasteiger partial charge in [0.15, 0.2) is 0 Å². The van der Waals surface area contributed by atoms with Crippen molar-refractivity contribution in [3.63, 3.8) is 0 Å². The molecule has 0 N–H and O–H groups in total. The summed E-state index contributed by atoms with van der Waals surface area (Å²) in [6, 6.07) is 8.34. The van der Waals surface area contributed by atoms with E-state index < -0.39 is 0 Å². The zero-order valence-electron chi connectivity index (χ0n) is 21.1. The van der Waals surface area contributed by atoms with Crippen molar-refractivity contribution < 1.29 is 14.3 Å². The Morgan fingerprint density at radius 3 is 1.97 bits per heavy atom. The van der Waals surface area contributed by atoms with Gasteiger partial charge >= 0.3 is 5.97 Å². The van der Waals surface area contributed by atoms with E-state index in [9.17, 15) is 4.79 Å². The molecule has 3 saturated carbocycles. The normalized spacial score (nSPS) is 32.9. The lowest BCUT2D eigenvalue weighted by atomic mass is 9.69. The first kappa shape index (κ1) is 24.8. The van der Waals surface area contributed by atoms with Gasteiger partial charge in [-0.3, -0.25) is 4.79 Å². The van der Waals surface area contributed by atoms with Crippen molar-refractivity contribution in [3.05, 3.63) is 29.8 Å². The smallest absolute Gasteiger partial charge is 0.314 e. The number of ether oxygens (including phenoxy) is 2. The molecule has 0 spiro atoms. The molecule has 33 heavy (non-hydrogen) atoms. The molecule has 0 unspecified atom stereocenters. The van der Waals surface area contributed by atoms with Crippen molar-refractivity contribution in [2.75, 3.05) is 6.61 Å². The molecule has 0 bridgehead atoms. The molecular weight excluding hydrogens is 408 g/mol. The Morgan fingerprint density at radius 1 is 0.788 bits per heavy atom. The molecule has 0 saturated heterocycles. The van der Waals surface area contributed by atoms with Crippen LogP contribution in [0.15, 0.2) is 24.3 Å². The summed E-state index contributed by atoms with van der Waals surface area (Å²) in [5.41, 5.74) is 1.37. The number of esters is 1.